The van der Waals surface area contributed by atoms with Crippen LogP contribution in [0.2, 0.25) is 0 Å². The van der Waals surface area contributed by atoms with E-state index in [1.54, 1.807) is 58.9 Å². The van der Waals surface area contributed by atoms with Crippen LogP contribution in [0.5, 0.6) is 23.0 Å². The van der Waals surface area contributed by atoms with Gasteiger partial charge in [0.1, 0.15) is 28.9 Å². The number of esters is 1. The molecule has 0 saturated carbocycles. The summed E-state index contributed by atoms with van der Waals surface area (Å²) in [4.78, 5) is 69.0. The predicted molar refractivity (Wildman–Crippen MR) is 210 cm³/mol. The molecule has 0 radical (unpaired) electrons. The summed E-state index contributed by atoms with van der Waals surface area (Å²) < 4.78 is 18.8. The fourth-order valence-corrected chi connectivity index (χ4v) is 8.74. The van der Waals surface area contributed by atoms with Gasteiger partial charge in [-0.15, -0.1) is 0 Å². The van der Waals surface area contributed by atoms with Crippen LogP contribution in [0.1, 0.15) is 117 Å². The molecule has 1 unspecified atom stereocenters. The Bertz CT molecular complexity index is 2140. The zero-order chi connectivity index (χ0) is 40.4. The number of pyridine rings is 1. The number of rotatable bonds is 7. The van der Waals surface area contributed by atoms with Crippen molar-refractivity contribution in [3.8, 4) is 23.0 Å². The molecule has 2 bridgehead atoms. The number of phenols is 2. The van der Waals surface area contributed by atoms with Gasteiger partial charge in [-0.2, -0.15) is 0 Å². The Labute approximate surface area is 331 Å². The molecule has 7 rings (SSSR count). The van der Waals surface area contributed by atoms with Gasteiger partial charge in [-0.05, 0) is 86.3 Å². The van der Waals surface area contributed by atoms with Gasteiger partial charge in [0.2, 0.25) is 18.6 Å². The van der Waals surface area contributed by atoms with Crippen molar-refractivity contribution in [1.29, 1.82) is 0 Å². The number of allylic oxidation sites excluding steroid dienone is 1. The SMILES string of the molecule is CC(C)[C@H](NC(=O)CC(c1ccc2c(c1)OCO2)c1c(O)cc2c(c1O)C(=O)O[C@@H](C)CCCC(=O)CCCC=C2)C(=O)N1C[C@H]2C[C@@H](C1)c1cccc(=O)n1C2. The quantitative estimate of drug-likeness (QED) is 0.250. The van der Waals surface area contributed by atoms with Crippen LogP contribution >= 0.6 is 0 Å². The second-order valence-electron chi connectivity index (χ2n) is 16.2. The number of carbonyl (C=O) groups excluding carboxylic acids is 4. The number of carbonyl (C=O) groups is 4. The summed E-state index contributed by atoms with van der Waals surface area (Å²) in [5.41, 5.74) is 1.38. The zero-order valence-electron chi connectivity index (χ0n) is 32.7. The second-order valence-corrected chi connectivity index (χ2v) is 16.2. The first-order valence-corrected chi connectivity index (χ1v) is 20.0. The molecule has 2 amide bonds. The van der Waals surface area contributed by atoms with Crippen LogP contribution in [0.15, 0.2) is 53.3 Å². The molecule has 13 heteroatoms. The van der Waals surface area contributed by atoms with Gasteiger partial charge in [0.25, 0.3) is 5.56 Å². The maximum Gasteiger partial charge on any atom is 0.342 e. The highest BCUT2D eigenvalue weighted by Gasteiger charge is 2.40. The predicted octanol–water partition coefficient (Wildman–Crippen LogP) is 5.78. The number of Topliss-reactive ketones (excluding diaryl/α,β-unsaturated/α-hetero) is 1. The molecule has 3 aromatic rings. The van der Waals surface area contributed by atoms with Crippen LogP contribution in [0.25, 0.3) is 6.08 Å². The number of piperidine rings is 1. The molecule has 1 fully saturated rings. The van der Waals surface area contributed by atoms with E-state index in [1.165, 1.54) is 6.07 Å². The summed E-state index contributed by atoms with van der Waals surface area (Å²) in [7, 11) is 0. The molecule has 5 heterocycles. The molecule has 302 valence electrons. The Kier molecular flexibility index (Phi) is 11.7. The lowest BCUT2D eigenvalue weighted by Gasteiger charge is -2.44. The molecule has 57 heavy (non-hydrogen) atoms. The number of aromatic nitrogens is 1. The lowest BCUT2D eigenvalue weighted by molar-refractivity contribution is -0.140. The summed E-state index contributed by atoms with van der Waals surface area (Å²) in [5, 5.41) is 26.7. The average Bonchev–Trinajstić information content (AvgIpc) is 3.64. The second kappa shape index (κ2) is 16.9. The largest absolute Gasteiger partial charge is 0.507 e. The first-order valence-electron chi connectivity index (χ1n) is 20.0. The van der Waals surface area contributed by atoms with E-state index in [-0.39, 0.29) is 70.7 Å². The minimum absolute atomic E-state index is 0.00250. The Morgan fingerprint density at radius 3 is 2.56 bits per heavy atom. The Morgan fingerprint density at radius 2 is 1.75 bits per heavy atom. The normalized spacial score (nSPS) is 21.8. The minimum Gasteiger partial charge on any atom is -0.507 e. The number of phenolic OH excluding ortho intramolecular Hbond substituents is 2. The third-order valence-corrected chi connectivity index (χ3v) is 11.6. The van der Waals surface area contributed by atoms with Gasteiger partial charge in [0.05, 0.1) is 6.10 Å². The molecule has 5 atom stereocenters. The van der Waals surface area contributed by atoms with Gasteiger partial charge >= 0.3 is 5.97 Å². The lowest BCUT2D eigenvalue weighted by Crippen LogP contribution is -2.56. The van der Waals surface area contributed by atoms with E-state index in [2.05, 4.69) is 5.32 Å². The molecule has 2 aromatic carbocycles. The molecular weight excluding hydrogens is 730 g/mol. The average molecular weight is 782 g/mol. The maximum absolute atomic E-state index is 14.2. The summed E-state index contributed by atoms with van der Waals surface area (Å²) in [6.07, 6.45) is 6.41. The van der Waals surface area contributed by atoms with Gasteiger partial charge in [-0.3, -0.25) is 19.2 Å². The van der Waals surface area contributed by atoms with Crippen molar-refractivity contribution in [3.05, 3.63) is 86.8 Å². The van der Waals surface area contributed by atoms with Crippen molar-refractivity contribution in [1.82, 2.24) is 14.8 Å². The van der Waals surface area contributed by atoms with Gasteiger partial charge in [-0.1, -0.05) is 38.1 Å². The number of amides is 2. The number of nitrogens with zero attached hydrogens (tertiary/aromatic N) is 2. The van der Waals surface area contributed by atoms with Crippen LogP contribution in [-0.4, -0.2) is 75.3 Å². The van der Waals surface area contributed by atoms with Gasteiger partial charge in [-0.25, -0.2) is 4.79 Å². The van der Waals surface area contributed by atoms with E-state index in [4.69, 9.17) is 14.2 Å². The molecule has 1 aromatic heterocycles. The summed E-state index contributed by atoms with van der Waals surface area (Å²) in [5.74, 6) is -2.53. The van der Waals surface area contributed by atoms with E-state index in [0.29, 0.717) is 75.2 Å². The lowest BCUT2D eigenvalue weighted by atomic mass is 9.82. The maximum atomic E-state index is 14.2. The standard InChI is InChI=1S/C44H51N3O10/c1-25(2)41(43(53)46-21-27-17-30(23-46)33-13-8-14-38(51)47(33)22-27)45-37(50)20-32(28-15-16-35-36(19-28)56-24-55-35)40-34(49)18-29-10-5-4-6-11-31(48)12-7-9-26(3)57-44(54)39(29)42(40)52/h5,8,10,13-16,18-19,25-27,30,32,41,49,52H,4,6-7,9,11-12,17,20-24H2,1-3H3,(H,45,50)/t26-,27+,30-,32?,41-/m0/s1. The molecular formula is C44H51N3O10. The minimum atomic E-state index is -1.01. The highest BCUT2D eigenvalue weighted by Crippen LogP contribution is 2.46. The highest BCUT2D eigenvalue weighted by molar-refractivity contribution is 5.98. The van der Waals surface area contributed by atoms with Crippen molar-refractivity contribution in [2.24, 2.45) is 11.8 Å². The molecule has 4 aliphatic heterocycles. The Balaban J connectivity index is 1.20. The van der Waals surface area contributed by atoms with E-state index < -0.39 is 35.7 Å². The van der Waals surface area contributed by atoms with Crippen LogP contribution in [-0.2, 0) is 25.7 Å². The number of nitrogens with one attached hydrogen (secondary N) is 1. The van der Waals surface area contributed by atoms with E-state index in [9.17, 15) is 34.2 Å². The van der Waals surface area contributed by atoms with Gasteiger partial charge < -0.3 is 39.2 Å². The number of aromatic hydroxyl groups is 2. The van der Waals surface area contributed by atoms with Crippen LogP contribution in [0, 0.1) is 11.8 Å². The molecule has 1 saturated heterocycles. The van der Waals surface area contributed by atoms with Crippen LogP contribution in [0.4, 0.5) is 0 Å². The van der Waals surface area contributed by atoms with Crippen LogP contribution < -0.4 is 20.3 Å². The first kappa shape index (κ1) is 39.6. The first-order chi connectivity index (χ1) is 27.4. The number of benzene rings is 2. The summed E-state index contributed by atoms with van der Waals surface area (Å²) in [6, 6.07) is 10.8. The topological polar surface area (TPSA) is 174 Å². The number of hydrogen-bond acceptors (Lipinski definition) is 10. The third kappa shape index (κ3) is 8.57. The third-order valence-electron chi connectivity index (χ3n) is 11.6. The zero-order valence-corrected chi connectivity index (χ0v) is 32.7. The van der Waals surface area contributed by atoms with E-state index in [1.807, 2.05) is 19.9 Å². The summed E-state index contributed by atoms with van der Waals surface area (Å²) in [6.45, 7) is 6.88. The monoisotopic (exact) mass is 781 g/mol. The summed E-state index contributed by atoms with van der Waals surface area (Å²) >= 11 is 0. The van der Waals surface area contributed by atoms with Crippen LogP contribution in [0.3, 0.4) is 0 Å². The van der Waals surface area contributed by atoms with E-state index in [0.717, 1.165) is 12.1 Å². The van der Waals surface area contributed by atoms with Crippen molar-refractivity contribution < 1.29 is 43.6 Å². The van der Waals surface area contributed by atoms with Crippen molar-refractivity contribution in [3.63, 3.8) is 0 Å². The number of cyclic esters (lactones) is 1. The van der Waals surface area contributed by atoms with Gasteiger partial charge in [0.15, 0.2) is 11.5 Å². The molecule has 13 nitrogen and oxygen atoms in total. The molecule has 0 aliphatic carbocycles. The fourth-order valence-electron chi connectivity index (χ4n) is 8.74. The number of likely N-dealkylation sites (tertiary alicyclic amines) is 1. The van der Waals surface area contributed by atoms with E-state index >= 15 is 0 Å². The number of ketones is 1. The number of fused-ring (bicyclic) bond motifs is 6. The fraction of sp³-hybridized carbons (Fsp3) is 0.477. The molecule has 4 aliphatic rings. The Morgan fingerprint density at radius 1 is 0.965 bits per heavy atom. The smallest absolute Gasteiger partial charge is 0.342 e. The molecule has 3 N–H and O–H groups in total. The number of hydrogen-bond donors (Lipinski definition) is 3. The van der Waals surface area contributed by atoms with Crippen molar-refractivity contribution in [2.75, 3.05) is 19.9 Å². The Hall–Kier alpha value is -5.59. The van der Waals surface area contributed by atoms with Gasteiger partial charge in [0, 0.05) is 68.1 Å². The van der Waals surface area contributed by atoms with Crippen molar-refractivity contribution in [2.45, 2.75) is 103 Å². The highest BCUT2D eigenvalue weighted by atomic mass is 16.7. The van der Waals surface area contributed by atoms with Crippen molar-refractivity contribution >= 4 is 29.6 Å². The molecule has 0 spiro atoms. The number of ether oxygens (including phenoxy) is 3.